The quantitative estimate of drug-likeness (QED) is 0.0993. The summed E-state index contributed by atoms with van der Waals surface area (Å²) < 4.78 is 6.24. The first-order valence-corrected chi connectivity index (χ1v) is 20.2. The largest absolute Gasteiger partial charge is 0.396 e. The van der Waals surface area contributed by atoms with Gasteiger partial charge in [0.1, 0.15) is 20.9 Å². The lowest BCUT2D eigenvalue weighted by Crippen LogP contribution is -2.07. The van der Waals surface area contributed by atoms with Gasteiger partial charge >= 0.3 is 0 Å². The molecule has 12 nitrogen and oxygen atoms in total. The molecule has 4 N–H and O–H groups in total. The average molecular weight is 912 g/mol. The van der Waals surface area contributed by atoms with Gasteiger partial charge in [-0.1, -0.05) is 48.5 Å². The second-order valence-electron chi connectivity index (χ2n) is 13.5. The standard InChI is InChI=1S/C21H21BrN6O.C18H13Br2N5/c22-18-12-28-17(11-25-21(28)20(27-18)23-8-1-9-29)14-4-2-13(3-5-14)16-10-24-19(26-16)15-6-7-15;19-15-9-25-14(8-22-18(25)16(20)24-15)11-3-1-10(2-4-11)13-7-21-17(23-13)12-5-6-12/h2-5,10-12,15,29H,1,6-9H2,(H,23,27)(H,24,26);1-4,7-9,12H,5-6H2,(H,21,23). The Bertz CT molecular complexity index is 2580. The molecule has 0 radical (unpaired) electrons. The summed E-state index contributed by atoms with van der Waals surface area (Å²) in [5.41, 5.74) is 10.1. The van der Waals surface area contributed by atoms with Crippen LogP contribution in [0.1, 0.15) is 55.6 Å². The maximum atomic E-state index is 9.00. The minimum absolute atomic E-state index is 0.141. The molecular formula is C39H34Br3N11O. The van der Waals surface area contributed by atoms with Crippen LogP contribution >= 0.6 is 47.8 Å². The Labute approximate surface area is 335 Å². The van der Waals surface area contributed by atoms with Crippen molar-refractivity contribution in [2.24, 2.45) is 0 Å². The van der Waals surface area contributed by atoms with Crippen LogP contribution in [0.2, 0.25) is 0 Å². The van der Waals surface area contributed by atoms with Gasteiger partial charge in [-0.05, 0) is 91.0 Å². The van der Waals surface area contributed by atoms with Crippen molar-refractivity contribution in [2.75, 3.05) is 18.5 Å². The van der Waals surface area contributed by atoms with Crippen LogP contribution in [0.5, 0.6) is 0 Å². The number of hydrogen-bond donors (Lipinski definition) is 4. The van der Waals surface area contributed by atoms with Gasteiger partial charge in [-0.3, -0.25) is 8.80 Å². The van der Waals surface area contributed by atoms with Crippen molar-refractivity contribution in [3.8, 4) is 45.0 Å². The number of fused-ring (bicyclic) bond motifs is 2. The van der Waals surface area contributed by atoms with Crippen LogP contribution in [0.15, 0.2) is 99.5 Å². The van der Waals surface area contributed by atoms with Crippen molar-refractivity contribution in [1.82, 2.24) is 48.7 Å². The van der Waals surface area contributed by atoms with E-state index in [1.165, 1.54) is 25.7 Å². The van der Waals surface area contributed by atoms with Gasteiger partial charge in [0.2, 0.25) is 0 Å². The second-order valence-corrected chi connectivity index (χ2v) is 15.9. The molecule has 0 saturated heterocycles. The number of aliphatic hydroxyl groups excluding tert-OH is 1. The number of aromatic amines is 2. The number of benzene rings is 2. The number of nitrogens with zero attached hydrogens (tertiary/aromatic N) is 8. The zero-order chi connectivity index (χ0) is 36.8. The number of rotatable bonds is 10. The Morgan fingerprint density at radius 2 is 1.11 bits per heavy atom. The van der Waals surface area contributed by atoms with Crippen LogP contribution in [0.3, 0.4) is 0 Å². The van der Waals surface area contributed by atoms with Crippen LogP contribution < -0.4 is 5.32 Å². The van der Waals surface area contributed by atoms with Crippen LogP contribution in [0.4, 0.5) is 5.82 Å². The maximum Gasteiger partial charge on any atom is 0.180 e. The van der Waals surface area contributed by atoms with Crippen LogP contribution in [0, 0.1) is 0 Å². The number of halogens is 3. The van der Waals surface area contributed by atoms with Crippen LogP contribution in [-0.4, -0.2) is 66.9 Å². The lowest BCUT2D eigenvalue weighted by Gasteiger charge is -2.09. The van der Waals surface area contributed by atoms with Crippen LogP contribution in [0.25, 0.3) is 56.3 Å². The topological polar surface area (TPSA) is 150 Å². The van der Waals surface area contributed by atoms with E-state index in [9.17, 15) is 0 Å². The van der Waals surface area contributed by atoms with E-state index in [-0.39, 0.29) is 6.61 Å². The van der Waals surface area contributed by atoms with Crippen molar-refractivity contribution >= 4 is 64.9 Å². The summed E-state index contributed by atoms with van der Waals surface area (Å²) >= 11 is 10.4. The molecule has 15 heteroatoms. The van der Waals surface area contributed by atoms with Gasteiger partial charge in [-0.2, -0.15) is 0 Å². The highest BCUT2D eigenvalue weighted by molar-refractivity contribution is 9.11. The van der Waals surface area contributed by atoms with Crippen molar-refractivity contribution in [2.45, 2.75) is 43.9 Å². The van der Waals surface area contributed by atoms with E-state index in [1.807, 2.05) is 46.0 Å². The molecule has 2 aromatic carbocycles. The Kier molecular flexibility index (Phi) is 9.63. The number of aliphatic hydroxyl groups is 1. The molecule has 6 aromatic heterocycles. The van der Waals surface area contributed by atoms with Gasteiger partial charge in [0.25, 0.3) is 0 Å². The molecule has 0 bridgehead atoms. The summed E-state index contributed by atoms with van der Waals surface area (Å²) in [6.07, 6.45) is 17.0. The Morgan fingerprint density at radius 1 is 0.630 bits per heavy atom. The molecule has 2 aliphatic carbocycles. The van der Waals surface area contributed by atoms with E-state index in [2.05, 4.69) is 142 Å². The fraction of sp³-hybridized carbons (Fsp3) is 0.231. The highest BCUT2D eigenvalue weighted by atomic mass is 79.9. The maximum absolute atomic E-state index is 9.00. The number of anilines is 1. The minimum Gasteiger partial charge on any atom is -0.396 e. The van der Waals surface area contributed by atoms with Crippen LogP contribution in [-0.2, 0) is 0 Å². The van der Waals surface area contributed by atoms with Crippen molar-refractivity contribution in [3.05, 3.63) is 111 Å². The molecule has 10 rings (SSSR count). The molecule has 0 spiro atoms. The average Bonchev–Trinajstić information content (AvgIpc) is 3.98. The Balaban J connectivity index is 0.000000144. The van der Waals surface area contributed by atoms with E-state index in [1.54, 1.807) is 0 Å². The van der Waals surface area contributed by atoms with E-state index in [0.717, 1.165) is 81.8 Å². The third kappa shape index (κ3) is 7.25. The van der Waals surface area contributed by atoms with Gasteiger partial charge in [-0.25, -0.2) is 29.9 Å². The van der Waals surface area contributed by atoms with Crippen molar-refractivity contribution < 1.29 is 5.11 Å². The molecule has 6 heterocycles. The predicted octanol–water partition coefficient (Wildman–Crippen LogP) is 9.41. The molecule has 2 saturated carbocycles. The molecule has 0 amide bonds. The van der Waals surface area contributed by atoms with Gasteiger partial charge in [0, 0.05) is 48.5 Å². The highest BCUT2D eigenvalue weighted by Crippen LogP contribution is 2.40. The number of imidazole rings is 4. The number of hydrogen-bond acceptors (Lipinski definition) is 8. The van der Waals surface area contributed by atoms with Gasteiger partial charge in [0.15, 0.2) is 21.7 Å². The third-order valence-electron chi connectivity index (χ3n) is 9.61. The minimum atomic E-state index is 0.141. The molecule has 272 valence electrons. The van der Waals surface area contributed by atoms with Crippen molar-refractivity contribution in [3.63, 3.8) is 0 Å². The van der Waals surface area contributed by atoms with E-state index < -0.39 is 0 Å². The fourth-order valence-electron chi connectivity index (χ4n) is 6.45. The first-order valence-electron chi connectivity index (χ1n) is 17.8. The van der Waals surface area contributed by atoms with E-state index in [4.69, 9.17) is 5.11 Å². The summed E-state index contributed by atoms with van der Waals surface area (Å²) in [5.74, 6) is 4.17. The highest BCUT2D eigenvalue weighted by Gasteiger charge is 2.27. The van der Waals surface area contributed by atoms with Gasteiger partial charge in [0.05, 0.1) is 47.6 Å². The molecule has 2 aliphatic rings. The van der Waals surface area contributed by atoms with Gasteiger partial charge < -0.3 is 20.4 Å². The molecule has 8 aromatic rings. The zero-order valence-corrected chi connectivity index (χ0v) is 33.6. The number of aromatic nitrogens is 10. The molecule has 54 heavy (non-hydrogen) atoms. The second kappa shape index (κ2) is 14.9. The predicted molar refractivity (Wildman–Crippen MR) is 219 cm³/mol. The number of nitrogens with one attached hydrogen (secondary N) is 3. The Morgan fingerprint density at radius 3 is 1.63 bits per heavy atom. The smallest absolute Gasteiger partial charge is 0.180 e. The Hall–Kier alpha value is -4.70. The molecule has 0 aliphatic heterocycles. The monoisotopic (exact) mass is 909 g/mol. The number of H-pyrrole nitrogens is 2. The normalized spacial score (nSPS) is 14.1. The third-order valence-corrected chi connectivity index (χ3v) is 10.9. The molecule has 0 unspecified atom stereocenters. The molecular weight excluding hydrogens is 878 g/mol. The summed E-state index contributed by atoms with van der Waals surface area (Å²) in [6.45, 7) is 0.779. The van der Waals surface area contributed by atoms with Gasteiger partial charge in [-0.15, -0.1) is 0 Å². The molecule has 2 fully saturated rings. The van der Waals surface area contributed by atoms with E-state index in [0.29, 0.717) is 30.6 Å². The summed E-state index contributed by atoms with van der Waals surface area (Å²) in [5, 5.41) is 12.3. The fourth-order valence-corrected chi connectivity index (χ4v) is 7.94. The molecule has 0 atom stereocenters. The van der Waals surface area contributed by atoms with Crippen molar-refractivity contribution in [1.29, 1.82) is 0 Å². The summed E-state index contributed by atoms with van der Waals surface area (Å²) in [7, 11) is 0. The first-order chi connectivity index (χ1) is 26.4. The lowest BCUT2D eigenvalue weighted by atomic mass is 10.1. The van der Waals surface area contributed by atoms with E-state index >= 15 is 0 Å². The lowest BCUT2D eigenvalue weighted by molar-refractivity contribution is 0.292. The summed E-state index contributed by atoms with van der Waals surface area (Å²) in [6, 6.07) is 16.9. The summed E-state index contributed by atoms with van der Waals surface area (Å²) in [4.78, 5) is 33.7. The zero-order valence-electron chi connectivity index (χ0n) is 28.8. The SMILES string of the molecule is Brc1cn2c(-c3ccc(-c4cnc(C5CC5)[nH]4)cc3)cnc2c(Br)n1.OCCCNc1nc(Br)cn2c(-c3ccc(-c4cnc(C5CC5)[nH]4)cc3)cnc12. The first kappa shape index (κ1) is 35.0.